The van der Waals surface area contributed by atoms with Gasteiger partial charge in [-0.15, -0.1) is 0 Å². The van der Waals surface area contributed by atoms with Crippen molar-refractivity contribution in [1.82, 2.24) is 10.6 Å². The Balaban J connectivity index is 1.48. The Morgan fingerprint density at radius 2 is 1.68 bits per heavy atom. The van der Waals surface area contributed by atoms with Crippen molar-refractivity contribution in [3.8, 4) is 0 Å². The van der Waals surface area contributed by atoms with Crippen LogP contribution in [0.3, 0.4) is 0 Å². The lowest BCUT2D eigenvalue weighted by atomic mass is 10.0. The molecule has 0 saturated carbocycles. The summed E-state index contributed by atoms with van der Waals surface area (Å²) >= 11 is 0. The largest absolute Gasteiger partial charge is 0.375 e. The number of nitrogens with zero attached hydrogens (tertiary/aromatic N) is 2. The van der Waals surface area contributed by atoms with Crippen LogP contribution in [0.5, 0.6) is 0 Å². The maximum Gasteiger partial charge on any atom is 0.252 e. The van der Waals surface area contributed by atoms with E-state index in [0.29, 0.717) is 25.2 Å². The molecule has 2 N–H and O–H groups in total. The highest BCUT2D eigenvalue weighted by atomic mass is 16.5. The van der Waals surface area contributed by atoms with Gasteiger partial charge in [-0.25, -0.2) is 0 Å². The zero-order valence-electron chi connectivity index (χ0n) is 22.3. The van der Waals surface area contributed by atoms with Gasteiger partial charge in [0, 0.05) is 56.8 Å². The van der Waals surface area contributed by atoms with E-state index in [-0.39, 0.29) is 18.4 Å². The number of fused-ring (bicyclic) bond motifs is 1. The van der Waals surface area contributed by atoms with Crippen LogP contribution in [0.4, 0.5) is 11.4 Å². The molecule has 0 aromatic heterocycles. The van der Waals surface area contributed by atoms with Crippen LogP contribution in [0.15, 0.2) is 42.5 Å². The highest BCUT2D eigenvalue weighted by Crippen LogP contribution is 2.25. The van der Waals surface area contributed by atoms with E-state index >= 15 is 0 Å². The predicted octanol–water partition coefficient (Wildman–Crippen LogP) is 4.64. The monoisotopic (exact) mass is 506 g/mol. The summed E-state index contributed by atoms with van der Waals surface area (Å²) in [5, 5.41) is 6.60. The fourth-order valence-electron chi connectivity index (χ4n) is 5.29. The summed E-state index contributed by atoms with van der Waals surface area (Å²) in [4.78, 5) is 30.3. The van der Waals surface area contributed by atoms with Gasteiger partial charge in [0.05, 0.1) is 0 Å². The van der Waals surface area contributed by atoms with Crippen LogP contribution in [-0.2, 0) is 22.6 Å². The molecule has 1 saturated heterocycles. The topological polar surface area (TPSA) is 73.9 Å². The quantitative estimate of drug-likeness (QED) is 0.597. The Labute approximate surface area is 221 Å². The summed E-state index contributed by atoms with van der Waals surface area (Å²) in [7, 11) is 1.55. The third kappa shape index (κ3) is 7.79. The number of carbonyl (C=O) groups excluding carboxylic acids is 2. The Bertz CT molecular complexity index is 1040. The second-order valence-corrected chi connectivity index (χ2v) is 10.2. The molecule has 2 aliphatic heterocycles. The third-order valence-electron chi connectivity index (χ3n) is 7.34. The second kappa shape index (κ2) is 14.1. The maximum absolute atomic E-state index is 13.1. The lowest BCUT2D eigenvalue weighted by Crippen LogP contribution is -2.36. The molecule has 200 valence electrons. The van der Waals surface area contributed by atoms with Crippen LogP contribution in [0.1, 0.15) is 72.9 Å². The van der Waals surface area contributed by atoms with E-state index in [4.69, 9.17) is 4.74 Å². The van der Waals surface area contributed by atoms with Crippen LogP contribution < -0.4 is 20.4 Å². The molecule has 2 aromatic carbocycles. The average molecular weight is 507 g/mol. The normalized spacial score (nSPS) is 17.3. The fraction of sp³-hybridized carbons (Fsp3) is 0.533. The minimum atomic E-state index is -0.105. The zero-order valence-corrected chi connectivity index (χ0v) is 22.3. The van der Waals surface area contributed by atoms with E-state index in [0.717, 1.165) is 55.7 Å². The van der Waals surface area contributed by atoms with Crippen molar-refractivity contribution < 1.29 is 14.3 Å². The summed E-state index contributed by atoms with van der Waals surface area (Å²) in [6.07, 6.45) is 9.35. The smallest absolute Gasteiger partial charge is 0.252 e. The number of rotatable bonds is 6. The molecule has 2 aromatic rings. The van der Waals surface area contributed by atoms with Crippen molar-refractivity contribution in [3.63, 3.8) is 0 Å². The molecule has 7 heteroatoms. The zero-order chi connectivity index (χ0) is 25.9. The van der Waals surface area contributed by atoms with E-state index in [1.54, 1.807) is 7.11 Å². The molecular weight excluding hydrogens is 464 g/mol. The first-order valence-electron chi connectivity index (χ1n) is 13.9. The van der Waals surface area contributed by atoms with Crippen molar-refractivity contribution in [3.05, 3.63) is 59.2 Å². The molecule has 0 unspecified atom stereocenters. The van der Waals surface area contributed by atoms with Crippen LogP contribution in [0.25, 0.3) is 0 Å². The highest BCUT2D eigenvalue weighted by molar-refractivity contribution is 5.98. The number of hydrogen-bond acceptors (Lipinski definition) is 5. The third-order valence-corrected chi connectivity index (χ3v) is 7.34. The molecule has 0 spiro atoms. The number of piperidine rings is 1. The Kier molecular flexibility index (Phi) is 10.4. The second-order valence-electron chi connectivity index (χ2n) is 10.2. The van der Waals surface area contributed by atoms with E-state index < -0.39 is 0 Å². The average Bonchev–Trinajstić information content (AvgIpc) is 2.93. The number of ether oxygens (including phenoxy) is 1. The first-order valence-corrected chi connectivity index (χ1v) is 13.9. The molecule has 0 bridgehead atoms. The number of anilines is 2. The van der Waals surface area contributed by atoms with Gasteiger partial charge in [-0.3, -0.25) is 9.59 Å². The molecule has 2 aliphatic rings. The number of carbonyl (C=O) groups is 2. The van der Waals surface area contributed by atoms with Gasteiger partial charge in [0.2, 0.25) is 0 Å². The maximum atomic E-state index is 13.1. The molecule has 0 atom stereocenters. The molecular formula is C30H42N4O3. The number of hydrogen-bond donors (Lipinski definition) is 2. The van der Waals surface area contributed by atoms with Gasteiger partial charge in [-0.2, -0.15) is 0 Å². The molecule has 4 rings (SSSR count). The van der Waals surface area contributed by atoms with Gasteiger partial charge >= 0.3 is 0 Å². The van der Waals surface area contributed by atoms with Gasteiger partial charge in [-0.1, -0.05) is 31.4 Å². The van der Waals surface area contributed by atoms with Gasteiger partial charge in [0.1, 0.15) is 6.61 Å². The van der Waals surface area contributed by atoms with Crippen LogP contribution >= 0.6 is 0 Å². The first-order chi connectivity index (χ1) is 18.2. The van der Waals surface area contributed by atoms with E-state index in [9.17, 15) is 9.59 Å². The molecule has 0 radical (unpaired) electrons. The SMILES string of the molecule is COCC(=O)N1CCCCCCCNCc2cc(C(=O)NCc3cccc(N4CCCCC4)c3)ccc21. The van der Waals surface area contributed by atoms with E-state index in [1.165, 1.54) is 37.8 Å². The van der Waals surface area contributed by atoms with Crippen LogP contribution in [-0.4, -0.2) is 51.7 Å². The molecule has 37 heavy (non-hydrogen) atoms. The summed E-state index contributed by atoms with van der Waals surface area (Å²) < 4.78 is 5.15. The van der Waals surface area contributed by atoms with Crippen LogP contribution in [0.2, 0.25) is 0 Å². The first kappa shape index (κ1) is 27.1. The van der Waals surface area contributed by atoms with Crippen molar-refractivity contribution in [2.75, 3.05) is 49.7 Å². The van der Waals surface area contributed by atoms with Crippen molar-refractivity contribution in [1.29, 1.82) is 0 Å². The standard InChI is InChI=1S/C30H42N4O3/c1-37-23-29(35)34-18-9-4-2-3-6-15-31-22-26-20-25(13-14-28(26)34)30(36)32-21-24-11-10-12-27(19-24)33-16-7-5-8-17-33/h10-14,19-20,31H,2-9,15-18,21-23H2,1H3,(H,32,36). The summed E-state index contributed by atoms with van der Waals surface area (Å²) in [5.74, 6) is -0.154. The number of methoxy groups -OCH3 is 1. The lowest BCUT2D eigenvalue weighted by molar-refractivity contribution is -0.122. The minimum absolute atomic E-state index is 0.0472. The minimum Gasteiger partial charge on any atom is -0.375 e. The van der Waals surface area contributed by atoms with Gasteiger partial charge in [0.25, 0.3) is 11.8 Å². The van der Waals surface area contributed by atoms with E-state index in [2.05, 4.69) is 39.8 Å². The van der Waals surface area contributed by atoms with Crippen molar-refractivity contribution in [2.45, 2.75) is 64.5 Å². The molecule has 2 amide bonds. The molecule has 7 nitrogen and oxygen atoms in total. The van der Waals surface area contributed by atoms with Gasteiger partial charge in [0.15, 0.2) is 0 Å². The number of amides is 2. The Hall–Kier alpha value is -2.90. The predicted molar refractivity (Wildman–Crippen MR) is 149 cm³/mol. The number of benzene rings is 2. The van der Waals surface area contributed by atoms with E-state index in [1.807, 2.05) is 23.1 Å². The molecule has 0 aliphatic carbocycles. The highest BCUT2D eigenvalue weighted by Gasteiger charge is 2.20. The van der Waals surface area contributed by atoms with Gasteiger partial charge in [-0.05, 0) is 80.1 Å². The van der Waals surface area contributed by atoms with Crippen molar-refractivity contribution >= 4 is 23.2 Å². The van der Waals surface area contributed by atoms with Crippen LogP contribution in [0, 0.1) is 0 Å². The summed E-state index contributed by atoms with van der Waals surface area (Å²) in [6, 6.07) is 14.2. The number of nitrogens with one attached hydrogen (secondary N) is 2. The Morgan fingerprint density at radius 1 is 0.919 bits per heavy atom. The lowest BCUT2D eigenvalue weighted by Gasteiger charge is -2.29. The summed E-state index contributed by atoms with van der Waals surface area (Å²) in [6.45, 7) is 4.93. The Morgan fingerprint density at radius 3 is 2.51 bits per heavy atom. The molecule has 2 heterocycles. The molecule has 1 fully saturated rings. The van der Waals surface area contributed by atoms with Crippen molar-refractivity contribution in [2.24, 2.45) is 0 Å². The summed E-state index contributed by atoms with van der Waals surface area (Å²) in [5.41, 5.74) is 4.77. The van der Waals surface area contributed by atoms with Gasteiger partial charge < -0.3 is 25.2 Å². The fourth-order valence-corrected chi connectivity index (χ4v) is 5.29.